The van der Waals surface area contributed by atoms with Gasteiger partial charge in [-0.15, -0.1) is 0 Å². The minimum absolute atomic E-state index is 0.168. The van der Waals surface area contributed by atoms with E-state index in [2.05, 4.69) is 48.7 Å². The molecule has 0 saturated carbocycles. The van der Waals surface area contributed by atoms with Crippen LogP contribution in [0.15, 0.2) is 24.3 Å². The zero-order valence-corrected chi connectivity index (χ0v) is 11.2. The summed E-state index contributed by atoms with van der Waals surface area (Å²) in [6.45, 7) is 5.07. The van der Waals surface area contributed by atoms with Gasteiger partial charge in [-0.2, -0.15) is 0 Å². The number of nitrogens with one attached hydrogen (secondary N) is 2. The highest BCUT2D eigenvalue weighted by Crippen LogP contribution is 2.16. The molecule has 2 rings (SSSR count). The van der Waals surface area contributed by atoms with E-state index in [4.69, 9.17) is 0 Å². The number of aryl methyl sites for hydroxylation is 1. The molecule has 0 aliphatic carbocycles. The second-order valence-electron chi connectivity index (χ2n) is 5.19. The zero-order chi connectivity index (χ0) is 13.0. The number of carbonyl (C=O) groups is 1. The highest BCUT2D eigenvalue weighted by Gasteiger charge is 2.19. The summed E-state index contributed by atoms with van der Waals surface area (Å²) in [4.78, 5) is 11.5. The first-order chi connectivity index (χ1) is 8.65. The number of amides is 1. The summed E-state index contributed by atoms with van der Waals surface area (Å²) < 4.78 is 0. The SMILES string of the molecule is Cc1ccc([C@@H](C)NC2CCCNC(=O)C2)cc1. The Labute approximate surface area is 109 Å². The van der Waals surface area contributed by atoms with Crippen LogP contribution in [0.25, 0.3) is 0 Å². The van der Waals surface area contributed by atoms with E-state index in [-0.39, 0.29) is 5.91 Å². The van der Waals surface area contributed by atoms with Crippen LogP contribution in [-0.4, -0.2) is 18.5 Å². The van der Waals surface area contributed by atoms with E-state index in [0.29, 0.717) is 18.5 Å². The molecule has 3 nitrogen and oxygen atoms in total. The Morgan fingerprint density at radius 3 is 2.78 bits per heavy atom. The maximum Gasteiger partial charge on any atom is 0.221 e. The van der Waals surface area contributed by atoms with Gasteiger partial charge < -0.3 is 10.6 Å². The Morgan fingerprint density at radius 1 is 1.33 bits per heavy atom. The number of benzene rings is 1. The molecule has 1 aromatic rings. The minimum atomic E-state index is 0.168. The van der Waals surface area contributed by atoms with E-state index in [9.17, 15) is 4.79 Å². The molecule has 0 radical (unpaired) electrons. The first-order valence-corrected chi connectivity index (χ1v) is 6.74. The summed E-state index contributed by atoms with van der Waals surface area (Å²) in [7, 11) is 0. The van der Waals surface area contributed by atoms with Crippen molar-refractivity contribution in [3.8, 4) is 0 Å². The molecule has 3 heteroatoms. The molecule has 1 aliphatic heterocycles. The molecule has 1 aromatic carbocycles. The number of carbonyl (C=O) groups excluding carboxylic acids is 1. The van der Waals surface area contributed by atoms with Crippen molar-refractivity contribution >= 4 is 5.91 Å². The predicted octanol–water partition coefficient (Wildman–Crippen LogP) is 2.31. The number of hydrogen-bond donors (Lipinski definition) is 2. The Bertz CT molecular complexity index is 399. The zero-order valence-electron chi connectivity index (χ0n) is 11.2. The third kappa shape index (κ3) is 3.57. The molecule has 1 amide bonds. The number of hydrogen-bond acceptors (Lipinski definition) is 2. The van der Waals surface area contributed by atoms with Crippen molar-refractivity contribution in [2.45, 2.75) is 45.2 Å². The summed E-state index contributed by atoms with van der Waals surface area (Å²) in [5.74, 6) is 0.168. The van der Waals surface area contributed by atoms with Gasteiger partial charge in [0.25, 0.3) is 0 Å². The van der Waals surface area contributed by atoms with E-state index in [1.54, 1.807) is 0 Å². The third-order valence-electron chi connectivity index (χ3n) is 3.55. The predicted molar refractivity (Wildman–Crippen MR) is 73.4 cm³/mol. The first kappa shape index (κ1) is 13.1. The van der Waals surface area contributed by atoms with Crippen molar-refractivity contribution in [3.05, 3.63) is 35.4 Å². The molecule has 2 N–H and O–H groups in total. The van der Waals surface area contributed by atoms with E-state index >= 15 is 0 Å². The van der Waals surface area contributed by atoms with E-state index in [1.165, 1.54) is 11.1 Å². The maximum atomic E-state index is 11.5. The highest BCUT2D eigenvalue weighted by atomic mass is 16.1. The van der Waals surface area contributed by atoms with Gasteiger partial charge in [-0.05, 0) is 32.3 Å². The molecule has 2 atom stereocenters. The van der Waals surface area contributed by atoms with E-state index < -0.39 is 0 Å². The topological polar surface area (TPSA) is 41.1 Å². The molecule has 0 bridgehead atoms. The summed E-state index contributed by atoms with van der Waals surface area (Å²) >= 11 is 0. The van der Waals surface area contributed by atoms with Crippen LogP contribution < -0.4 is 10.6 Å². The van der Waals surface area contributed by atoms with Crippen LogP contribution in [0.2, 0.25) is 0 Å². The summed E-state index contributed by atoms with van der Waals surface area (Å²) in [6, 6.07) is 9.17. The van der Waals surface area contributed by atoms with Crippen LogP contribution in [0.4, 0.5) is 0 Å². The third-order valence-corrected chi connectivity index (χ3v) is 3.55. The van der Waals surface area contributed by atoms with Crippen molar-refractivity contribution in [1.82, 2.24) is 10.6 Å². The molecule has 1 unspecified atom stereocenters. The van der Waals surface area contributed by atoms with Gasteiger partial charge in [0.2, 0.25) is 5.91 Å². The Kier molecular flexibility index (Phi) is 4.37. The van der Waals surface area contributed by atoms with Crippen LogP contribution in [-0.2, 0) is 4.79 Å². The van der Waals surface area contributed by atoms with Gasteiger partial charge in [0.1, 0.15) is 0 Å². The van der Waals surface area contributed by atoms with Crippen molar-refractivity contribution in [3.63, 3.8) is 0 Å². The van der Waals surface area contributed by atoms with Crippen molar-refractivity contribution in [2.24, 2.45) is 0 Å². The Morgan fingerprint density at radius 2 is 2.06 bits per heavy atom. The van der Waals surface area contributed by atoms with Gasteiger partial charge in [0, 0.05) is 25.0 Å². The molecule has 1 saturated heterocycles. The maximum absolute atomic E-state index is 11.5. The summed E-state index contributed by atoms with van der Waals surface area (Å²) in [6.07, 6.45) is 2.72. The molecule has 0 spiro atoms. The molecule has 98 valence electrons. The Balaban J connectivity index is 1.95. The quantitative estimate of drug-likeness (QED) is 0.859. The normalized spacial score (nSPS) is 22.1. The molecule has 1 fully saturated rings. The first-order valence-electron chi connectivity index (χ1n) is 6.74. The van der Waals surface area contributed by atoms with Gasteiger partial charge in [-0.1, -0.05) is 29.8 Å². The fourth-order valence-corrected chi connectivity index (χ4v) is 2.42. The monoisotopic (exact) mass is 246 g/mol. The fraction of sp³-hybridized carbons (Fsp3) is 0.533. The minimum Gasteiger partial charge on any atom is -0.356 e. The van der Waals surface area contributed by atoms with Crippen molar-refractivity contribution < 1.29 is 4.79 Å². The molecular weight excluding hydrogens is 224 g/mol. The average Bonchev–Trinajstić information content (AvgIpc) is 2.54. The van der Waals surface area contributed by atoms with Gasteiger partial charge in [0.15, 0.2) is 0 Å². The Hall–Kier alpha value is -1.35. The lowest BCUT2D eigenvalue weighted by Gasteiger charge is -2.21. The second kappa shape index (κ2) is 6.01. The largest absolute Gasteiger partial charge is 0.356 e. The lowest BCUT2D eigenvalue weighted by molar-refractivity contribution is -0.121. The van der Waals surface area contributed by atoms with Gasteiger partial charge >= 0.3 is 0 Å². The van der Waals surface area contributed by atoms with Crippen LogP contribution in [0, 0.1) is 6.92 Å². The molecule has 0 aromatic heterocycles. The van der Waals surface area contributed by atoms with Crippen LogP contribution in [0.1, 0.15) is 43.4 Å². The van der Waals surface area contributed by atoms with Crippen molar-refractivity contribution in [1.29, 1.82) is 0 Å². The number of rotatable bonds is 3. The van der Waals surface area contributed by atoms with E-state index in [1.807, 2.05) is 0 Å². The van der Waals surface area contributed by atoms with Gasteiger partial charge in [-0.3, -0.25) is 4.79 Å². The average molecular weight is 246 g/mol. The summed E-state index contributed by atoms with van der Waals surface area (Å²) in [5, 5.41) is 6.48. The second-order valence-corrected chi connectivity index (χ2v) is 5.19. The molecular formula is C15H22N2O. The van der Waals surface area contributed by atoms with Gasteiger partial charge in [0.05, 0.1) is 0 Å². The van der Waals surface area contributed by atoms with Crippen LogP contribution >= 0.6 is 0 Å². The van der Waals surface area contributed by atoms with Crippen LogP contribution in [0.3, 0.4) is 0 Å². The van der Waals surface area contributed by atoms with Crippen LogP contribution in [0.5, 0.6) is 0 Å². The molecule has 18 heavy (non-hydrogen) atoms. The summed E-state index contributed by atoms with van der Waals surface area (Å²) in [5.41, 5.74) is 2.56. The lowest BCUT2D eigenvalue weighted by Crippen LogP contribution is -2.34. The lowest BCUT2D eigenvalue weighted by atomic mass is 10.0. The smallest absolute Gasteiger partial charge is 0.221 e. The molecule has 1 heterocycles. The standard InChI is InChI=1S/C15H22N2O/c1-11-5-7-13(8-6-11)12(2)17-14-4-3-9-16-15(18)10-14/h5-8,12,14,17H,3-4,9-10H2,1-2H3,(H,16,18)/t12-,14?/m1/s1. The fourth-order valence-electron chi connectivity index (χ4n) is 2.42. The van der Waals surface area contributed by atoms with Gasteiger partial charge in [-0.25, -0.2) is 0 Å². The molecule has 1 aliphatic rings. The van der Waals surface area contributed by atoms with E-state index in [0.717, 1.165) is 19.4 Å². The van der Waals surface area contributed by atoms with Crippen molar-refractivity contribution in [2.75, 3.05) is 6.54 Å². The highest BCUT2D eigenvalue weighted by molar-refractivity contribution is 5.76.